The number of carbonyl (C=O) groups is 2. The van der Waals surface area contributed by atoms with Crippen LogP contribution < -0.4 is 0 Å². The van der Waals surface area contributed by atoms with Crippen LogP contribution in [-0.2, 0) is 90.0 Å². The maximum atomic E-state index is 10.0. The third-order valence-electron chi connectivity index (χ3n) is 12.0. The van der Waals surface area contributed by atoms with Gasteiger partial charge in [-0.2, -0.15) is 23.8 Å². The molecule has 13 aromatic rings. The fraction of sp³-hybridized carbons (Fsp3) is 0.0563. The van der Waals surface area contributed by atoms with Crippen LogP contribution >= 0.6 is 11.3 Å². The summed E-state index contributed by atoms with van der Waals surface area (Å²) in [6, 6.07) is 78.3. The van der Waals surface area contributed by atoms with Gasteiger partial charge in [-0.25, -0.2) is 11.3 Å². The topological polar surface area (TPSA) is 139 Å². The maximum absolute atomic E-state index is 10.0. The molecule has 9 nitrogen and oxygen atoms in total. The Bertz CT molecular complexity index is 4090. The van der Waals surface area contributed by atoms with Crippen molar-refractivity contribution in [2.75, 3.05) is 0 Å². The van der Waals surface area contributed by atoms with Gasteiger partial charge in [0.25, 0.3) is 0 Å². The summed E-state index contributed by atoms with van der Waals surface area (Å²) < 4.78 is 0. The average molecular weight is 1840 g/mol. The normalized spacial score (nSPS) is 10.3. The molecule has 0 aliphatic rings. The monoisotopic (exact) mass is 1850 g/mol. The van der Waals surface area contributed by atoms with Gasteiger partial charge in [0.05, 0.1) is 11.5 Å². The minimum Gasteiger partial charge on any atom is -0.512 e. The summed E-state index contributed by atoms with van der Waals surface area (Å²) in [5.74, 6) is -0.125. The molecule has 0 aliphatic carbocycles. The number of hydrogen-bond donors (Lipinski definition) is 2. The van der Waals surface area contributed by atoms with Crippen LogP contribution in [0.4, 0.5) is 0 Å². The van der Waals surface area contributed by atoms with E-state index in [0.717, 1.165) is 55.1 Å². The molecule has 2 N–H and O–H groups in total. The Labute approximate surface area is 553 Å². The molecule has 0 aliphatic heterocycles. The number of aliphatic hydroxyl groups excluding tert-OH is 2. The van der Waals surface area contributed by atoms with Gasteiger partial charge in [0, 0.05) is 117 Å². The predicted molar refractivity (Wildman–Crippen MR) is 331 cm³/mol. The summed E-state index contributed by atoms with van der Waals surface area (Å²) in [7, 11) is 0. The van der Waals surface area contributed by atoms with Crippen molar-refractivity contribution in [2.24, 2.45) is 0 Å². The summed E-state index contributed by atoms with van der Waals surface area (Å²) in [6.07, 6.45) is 13.2. The summed E-state index contributed by atoms with van der Waals surface area (Å²) in [6.45, 7) is 5.70. The van der Waals surface area contributed by atoms with Gasteiger partial charge in [-0.05, 0) is 124 Å². The molecule has 6 aromatic heterocycles. The van der Waals surface area contributed by atoms with Gasteiger partial charge in [-0.1, -0.05) is 138 Å². The van der Waals surface area contributed by atoms with E-state index < -0.39 is 0 Å². The molecule has 0 amide bonds. The number of benzene rings is 7. The molecule has 4 radical (unpaired) electrons. The van der Waals surface area contributed by atoms with E-state index in [1.165, 1.54) is 82.9 Å². The summed E-state index contributed by atoms with van der Waals surface area (Å²) >= 11 is 1.67. The second-order valence-corrected chi connectivity index (χ2v) is 19.0. The number of fused-ring (bicyclic) bond motifs is 5. The molecule has 0 bridgehead atoms. The minimum absolute atomic E-state index is 0. The first kappa shape index (κ1) is 69.8. The fourth-order valence-electron chi connectivity index (χ4n) is 8.53. The van der Waals surface area contributed by atoms with E-state index >= 15 is 0 Å². The largest absolute Gasteiger partial charge is 0.512 e. The molecule has 0 spiro atoms. The maximum Gasteiger partial charge on any atom is 0.155 e. The molecule has 7 aromatic carbocycles. The van der Waals surface area contributed by atoms with E-state index in [0.29, 0.717) is 0 Å². The number of aromatic nitrogens is 5. The Hall–Kier alpha value is -7.69. The smallest absolute Gasteiger partial charge is 0.155 e. The fourth-order valence-corrected chi connectivity index (χ4v) is 9.21. The zero-order valence-electron chi connectivity index (χ0n) is 46.4. The molecule has 0 fully saturated rings. The third-order valence-corrected chi connectivity index (χ3v) is 12.8. The number of aliphatic hydroxyl groups is 2. The zero-order chi connectivity index (χ0) is 56.8. The van der Waals surface area contributed by atoms with Gasteiger partial charge >= 0.3 is 0 Å². The van der Waals surface area contributed by atoms with Crippen molar-refractivity contribution in [3.63, 3.8) is 0 Å². The molecule has 6 heterocycles. The first-order valence-electron chi connectivity index (χ1n) is 25.8. The van der Waals surface area contributed by atoms with Crippen LogP contribution in [0.1, 0.15) is 27.7 Å². The molecule has 85 heavy (non-hydrogen) atoms. The first-order valence-corrected chi connectivity index (χ1v) is 26.7. The Balaban J connectivity index is 0.000000224. The van der Waals surface area contributed by atoms with Gasteiger partial charge in [0.15, 0.2) is 11.6 Å². The van der Waals surface area contributed by atoms with Gasteiger partial charge < -0.3 is 30.1 Å². The van der Waals surface area contributed by atoms with Crippen molar-refractivity contribution in [3.05, 3.63) is 285 Å². The van der Waals surface area contributed by atoms with Crippen LogP contribution in [0.2, 0.25) is 0 Å². The predicted octanol–water partition coefficient (Wildman–Crippen LogP) is 17.5. The van der Waals surface area contributed by atoms with Gasteiger partial charge in [0.2, 0.25) is 0 Å². The van der Waals surface area contributed by atoms with E-state index in [2.05, 4.69) is 140 Å². The number of carbonyl (C=O) groups excluding carboxylic acids is 2. The first-order chi connectivity index (χ1) is 39.5. The molecular formula is C71H55Ir4N5O4S-4. The summed E-state index contributed by atoms with van der Waals surface area (Å²) in [4.78, 5) is 43.0. The van der Waals surface area contributed by atoms with Crippen molar-refractivity contribution in [2.45, 2.75) is 27.7 Å². The number of hydrogen-bond acceptors (Lipinski definition) is 10. The summed E-state index contributed by atoms with van der Waals surface area (Å²) in [5.41, 5.74) is 7.04. The Morgan fingerprint density at radius 2 is 0.882 bits per heavy atom. The number of pyridine rings is 5. The Morgan fingerprint density at radius 3 is 1.34 bits per heavy atom. The van der Waals surface area contributed by atoms with Gasteiger partial charge in [-0.15, -0.1) is 76.5 Å². The number of rotatable bonds is 6. The van der Waals surface area contributed by atoms with Crippen molar-refractivity contribution in [1.29, 1.82) is 0 Å². The van der Waals surface area contributed by atoms with Crippen LogP contribution in [0.15, 0.2) is 260 Å². The standard InChI is InChI=1S/C19H12N.C15H10N.C14H9N2.C13H8NS.2C5H8O2.4Ir/c1-2-8-16-13-20-19(12-15(16)7-1)18-11-5-9-14-6-3-4-10-17(14)18;1-2-7-13(8-3-1)15-14-9-5-4-6-12(14)10-11-16-15;1-2-4-13-11(3-1)7-10-16-14(13)12-5-8-15-9-6-12;1-2-5-11-10(4-1)7-8-14-13(11)12-6-3-9-15-12;2*1-4(6)3-5(2)7;;;;/h1-10,12-13H;1-7,9-11H;1-5,7-10H;1-5,7-9H;2*3,6H,1-2H3;;;;/q4*-1;;;;;;. The molecule has 0 atom stereocenters. The van der Waals surface area contributed by atoms with Crippen molar-refractivity contribution in [3.8, 4) is 44.3 Å². The molecule has 13 rings (SSSR count). The number of ketones is 2. The van der Waals surface area contributed by atoms with Crippen molar-refractivity contribution in [1.82, 2.24) is 24.9 Å². The van der Waals surface area contributed by atoms with E-state index in [-0.39, 0.29) is 104 Å². The third kappa shape index (κ3) is 20.5. The average Bonchev–Trinajstić information content (AvgIpc) is 3.53. The van der Waals surface area contributed by atoms with Crippen LogP contribution in [0.25, 0.3) is 98.2 Å². The van der Waals surface area contributed by atoms with E-state index in [4.69, 9.17) is 10.2 Å². The van der Waals surface area contributed by atoms with E-state index in [1.54, 1.807) is 23.7 Å². The Kier molecular flexibility index (Phi) is 29.7. The van der Waals surface area contributed by atoms with Gasteiger partial charge in [-0.3, -0.25) is 14.6 Å². The molecule has 0 saturated carbocycles. The number of thiophene rings is 1. The number of nitrogens with zero attached hydrogens (tertiary/aromatic N) is 5. The second-order valence-electron chi connectivity index (χ2n) is 18.1. The molecular weight excluding hydrogens is 1790 g/mol. The quantitative estimate of drug-likeness (QED) is 0.0946. The van der Waals surface area contributed by atoms with Crippen molar-refractivity contribution >= 4 is 76.8 Å². The minimum atomic E-state index is -0.125. The SMILES string of the molecule is CC(=O)C=C(C)O.CC(=O)C=C(C)O.[Ir].[Ir].[Ir].[Ir].[c-]1ccc2ccccc2c1-c1cc2ccccc2cn1.[c-]1ccccc1-c1nccc2ccccc12.[c-]1ccsc1-c1nccc2ccccc12.[c-]1cnccc1-c1nccc2ccccc12. The van der Waals surface area contributed by atoms with Crippen LogP contribution in [-0.4, -0.2) is 46.7 Å². The van der Waals surface area contributed by atoms with Crippen LogP contribution in [0.5, 0.6) is 0 Å². The Morgan fingerprint density at radius 1 is 0.424 bits per heavy atom. The van der Waals surface area contributed by atoms with Crippen molar-refractivity contribution < 1.29 is 100 Å². The second kappa shape index (κ2) is 36.2. The molecule has 0 unspecified atom stereocenters. The zero-order valence-corrected chi connectivity index (χ0v) is 56.8. The molecule has 0 saturated heterocycles. The number of allylic oxidation sites excluding steroid dienone is 4. The van der Waals surface area contributed by atoms with Crippen LogP contribution in [0, 0.1) is 24.3 Å². The summed E-state index contributed by atoms with van der Waals surface area (Å²) in [5, 5.41) is 30.7. The van der Waals surface area contributed by atoms with E-state index in [1.807, 2.05) is 133 Å². The molecule has 434 valence electrons. The van der Waals surface area contributed by atoms with Gasteiger partial charge in [0.1, 0.15) is 0 Å². The van der Waals surface area contributed by atoms with E-state index in [9.17, 15) is 9.59 Å². The van der Waals surface area contributed by atoms with Crippen LogP contribution in [0.3, 0.4) is 0 Å². The molecule has 14 heteroatoms.